The lowest BCUT2D eigenvalue weighted by atomic mass is 10.6. The minimum Gasteiger partial charge on any atom is -0.325 e. The topological polar surface area (TPSA) is 53.4 Å². The minimum absolute atomic E-state index is 0.00809. The second-order valence-corrected chi connectivity index (χ2v) is 9.98. The minimum atomic E-state index is -2.43. The molecule has 0 bridgehead atoms. The fourth-order valence-corrected chi connectivity index (χ4v) is 3.92. The van der Waals surface area contributed by atoms with Crippen LogP contribution in [0.2, 0.25) is 10.2 Å². The molecule has 10 heteroatoms. The van der Waals surface area contributed by atoms with Crippen LogP contribution < -0.4 is 5.56 Å². The van der Waals surface area contributed by atoms with Gasteiger partial charge in [0.1, 0.15) is 5.02 Å². The van der Waals surface area contributed by atoms with Crippen molar-refractivity contribution in [1.82, 2.24) is 9.78 Å². The van der Waals surface area contributed by atoms with Gasteiger partial charge in [-0.15, -0.1) is 0 Å². The summed E-state index contributed by atoms with van der Waals surface area (Å²) in [6, 6.07) is 1.29. The van der Waals surface area contributed by atoms with E-state index < -0.39 is 11.3 Å². The molecule has 1 rings (SSSR count). The molecule has 0 aliphatic rings. The van der Waals surface area contributed by atoms with Gasteiger partial charge < -0.3 is 9.05 Å². The van der Waals surface area contributed by atoms with Gasteiger partial charge in [0, 0.05) is 20.3 Å². The van der Waals surface area contributed by atoms with Crippen LogP contribution in [-0.2, 0) is 26.7 Å². The maximum atomic E-state index is 11.6. The predicted octanol–water partition coefficient (Wildman–Crippen LogP) is 2.76. The third-order valence-electron chi connectivity index (χ3n) is 1.69. The molecule has 1 aromatic heterocycles. The van der Waals surface area contributed by atoms with Crippen LogP contribution in [0.3, 0.4) is 0 Å². The Balaban J connectivity index is 2.90. The molecule has 17 heavy (non-hydrogen) atoms. The van der Waals surface area contributed by atoms with E-state index in [-0.39, 0.29) is 16.1 Å². The molecule has 5 nitrogen and oxygen atoms in total. The molecular weight excluding hydrogens is 326 g/mol. The van der Waals surface area contributed by atoms with Crippen LogP contribution in [0.1, 0.15) is 0 Å². The van der Waals surface area contributed by atoms with Crippen LogP contribution in [0.4, 0.5) is 0 Å². The van der Waals surface area contributed by atoms with Gasteiger partial charge in [0.05, 0.1) is 5.88 Å². The number of nitrogens with zero attached hydrogens (tertiary/aromatic N) is 2. The molecule has 0 saturated carbocycles. The van der Waals surface area contributed by atoms with Crippen molar-refractivity contribution < 1.29 is 9.05 Å². The fourth-order valence-electron chi connectivity index (χ4n) is 0.872. The first-order valence-electron chi connectivity index (χ1n) is 4.21. The number of hydrogen-bond acceptors (Lipinski definition) is 6. The summed E-state index contributed by atoms with van der Waals surface area (Å²) < 4.78 is 11.3. The van der Waals surface area contributed by atoms with E-state index in [4.69, 9.17) is 44.1 Å². The summed E-state index contributed by atoms with van der Waals surface area (Å²) in [5.41, 5.74) is -2.87. The van der Waals surface area contributed by atoms with E-state index in [0.29, 0.717) is 0 Å². The van der Waals surface area contributed by atoms with Crippen LogP contribution in [0.15, 0.2) is 10.9 Å². The molecule has 1 heterocycles. The first kappa shape index (κ1) is 15.4. The monoisotopic (exact) mass is 334 g/mol. The molecule has 0 aliphatic carbocycles. The van der Waals surface area contributed by atoms with Gasteiger partial charge in [-0.2, -0.15) is 5.10 Å². The van der Waals surface area contributed by atoms with Gasteiger partial charge in [-0.1, -0.05) is 23.2 Å². The van der Waals surface area contributed by atoms with Crippen molar-refractivity contribution in [3.8, 4) is 0 Å². The maximum absolute atomic E-state index is 11.6. The van der Waals surface area contributed by atoms with Gasteiger partial charge in [0.25, 0.3) is 5.56 Å². The largest absolute Gasteiger partial charge is 0.325 e. The molecule has 1 aromatic rings. The maximum Gasteiger partial charge on any atom is 0.286 e. The molecule has 0 aliphatic heterocycles. The summed E-state index contributed by atoms with van der Waals surface area (Å²) in [5.74, 6) is 0.165. The van der Waals surface area contributed by atoms with E-state index in [1.165, 1.54) is 31.7 Å². The quantitative estimate of drug-likeness (QED) is 0.772. The van der Waals surface area contributed by atoms with Gasteiger partial charge in [0.15, 0.2) is 5.15 Å². The number of aromatic nitrogens is 2. The molecule has 0 N–H and O–H groups in total. The third kappa shape index (κ3) is 4.21. The first-order valence-corrected chi connectivity index (χ1v) is 9.19. The van der Waals surface area contributed by atoms with Gasteiger partial charge >= 0.3 is 0 Å². The van der Waals surface area contributed by atoms with Crippen LogP contribution in [0.25, 0.3) is 0 Å². The molecule has 0 radical (unpaired) electrons. The normalized spacial score (nSPS) is 11.8. The Morgan fingerprint density at radius 2 is 2.12 bits per heavy atom. The molecule has 0 saturated heterocycles. The molecule has 0 aromatic carbocycles. The van der Waals surface area contributed by atoms with Crippen molar-refractivity contribution in [2.24, 2.45) is 0 Å². The van der Waals surface area contributed by atoms with Gasteiger partial charge in [-0.05, 0) is 23.2 Å². The summed E-state index contributed by atoms with van der Waals surface area (Å²) in [7, 11) is 2.91. The summed E-state index contributed by atoms with van der Waals surface area (Å²) in [4.78, 5) is 11.6. The molecule has 0 unspecified atom stereocenters. The van der Waals surface area contributed by atoms with Gasteiger partial charge in [-0.3, -0.25) is 4.79 Å². The van der Waals surface area contributed by atoms with Crippen molar-refractivity contribution in [2.75, 3.05) is 14.2 Å². The van der Waals surface area contributed by atoms with E-state index >= 15 is 0 Å². The van der Waals surface area contributed by atoms with Crippen molar-refractivity contribution in [1.29, 1.82) is 0 Å². The zero-order valence-electron chi connectivity index (χ0n) is 8.92. The summed E-state index contributed by atoms with van der Waals surface area (Å²) in [5, 5.41) is 3.98. The van der Waals surface area contributed by atoms with Gasteiger partial charge in [0.2, 0.25) is 5.69 Å². The van der Waals surface area contributed by atoms with Crippen LogP contribution in [0, 0.1) is 0 Å². The Morgan fingerprint density at radius 1 is 1.53 bits per heavy atom. The Labute approximate surface area is 117 Å². The zero-order chi connectivity index (χ0) is 13.1. The average molecular weight is 335 g/mol. The highest BCUT2D eigenvalue weighted by Crippen LogP contribution is 2.60. The SMILES string of the molecule is COP(=S)(OC)SCn1nc(Cl)cc(Cl)c1=O. The second-order valence-electron chi connectivity index (χ2n) is 2.69. The third-order valence-corrected chi connectivity index (χ3v) is 7.74. The molecular formula is C7H9Cl2N2O3PS2. The predicted molar refractivity (Wildman–Crippen MR) is 74.4 cm³/mol. The van der Waals surface area contributed by atoms with Crippen LogP contribution >= 0.6 is 40.3 Å². The molecule has 0 spiro atoms. The summed E-state index contributed by atoms with van der Waals surface area (Å²) >= 11 is 17.7. The molecule has 0 atom stereocenters. The Hall–Kier alpha value is 0.380. The van der Waals surface area contributed by atoms with E-state index in [2.05, 4.69) is 5.10 Å². The highest BCUT2D eigenvalue weighted by molar-refractivity contribution is 8.67. The summed E-state index contributed by atoms with van der Waals surface area (Å²) in [6.45, 7) is 0. The van der Waals surface area contributed by atoms with E-state index in [9.17, 15) is 4.79 Å². The molecule has 96 valence electrons. The van der Waals surface area contributed by atoms with Crippen molar-refractivity contribution >= 4 is 52.1 Å². The van der Waals surface area contributed by atoms with Crippen LogP contribution in [-0.4, -0.2) is 24.0 Å². The Bertz CT molecular complexity index is 502. The highest BCUT2D eigenvalue weighted by Gasteiger charge is 2.17. The lowest BCUT2D eigenvalue weighted by Crippen LogP contribution is -2.22. The Morgan fingerprint density at radius 3 is 2.65 bits per heavy atom. The fraction of sp³-hybridized carbons (Fsp3) is 0.429. The Kier molecular flexibility index (Phi) is 5.92. The van der Waals surface area contributed by atoms with Crippen LogP contribution in [0.5, 0.6) is 0 Å². The highest BCUT2D eigenvalue weighted by atomic mass is 35.5. The summed E-state index contributed by atoms with van der Waals surface area (Å²) in [6.07, 6.45) is 0. The number of halogens is 2. The van der Waals surface area contributed by atoms with Crippen molar-refractivity contribution in [3.05, 3.63) is 26.6 Å². The smallest absolute Gasteiger partial charge is 0.286 e. The van der Waals surface area contributed by atoms with E-state index in [1.54, 1.807) is 0 Å². The lowest BCUT2D eigenvalue weighted by Gasteiger charge is -2.16. The zero-order valence-corrected chi connectivity index (χ0v) is 13.0. The van der Waals surface area contributed by atoms with Crippen molar-refractivity contribution in [2.45, 2.75) is 5.88 Å². The van der Waals surface area contributed by atoms with E-state index in [1.807, 2.05) is 0 Å². The number of rotatable bonds is 5. The lowest BCUT2D eigenvalue weighted by molar-refractivity contribution is 0.353. The first-order chi connectivity index (χ1) is 7.91. The molecule has 0 amide bonds. The standard InChI is InChI=1S/C7H9Cl2N2O3PS2/c1-13-15(16,14-2)17-4-11-7(12)5(8)3-6(9)10-11/h3H,4H2,1-2H3. The van der Waals surface area contributed by atoms with Crippen molar-refractivity contribution in [3.63, 3.8) is 0 Å². The average Bonchev–Trinajstić information content (AvgIpc) is 2.31. The van der Waals surface area contributed by atoms with Gasteiger partial charge in [-0.25, -0.2) is 4.68 Å². The second kappa shape index (κ2) is 6.52. The van der Waals surface area contributed by atoms with E-state index in [0.717, 1.165) is 4.68 Å². The number of hydrogen-bond donors (Lipinski definition) is 0. The molecule has 0 fully saturated rings.